The van der Waals surface area contributed by atoms with Crippen LogP contribution in [0.1, 0.15) is 0 Å². The molecular formula is C13H6ClFOS. The van der Waals surface area contributed by atoms with Crippen molar-refractivity contribution in [2.24, 2.45) is 0 Å². The zero-order valence-corrected chi connectivity index (χ0v) is 10.1. The Morgan fingerprint density at radius 1 is 1.00 bits per heavy atom. The van der Waals surface area contributed by atoms with Crippen LogP contribution in [-0.4, -0.2) is 0 Å². The van der Waals surface area contributed by atoms with Gasteiger partial charge in [-0.15, -0.1) is 11.3 Å². The SMILES string of the molecule is O=c1c2ccc(F)cc2sc2ccc(Cl)cc12. The number of fused-ring (bicyclic) bond motifs is 2. The number of halogens is 2. The monoisotopic (exact) mass is 264 g/mol. The normalized spacial score (nSPS) is 11.2. The lowest BCUT2D eigenvalue weighted by atomic mass is 10.2. The highest BCUT2D eigenvalue weighted by Gasteiger charge is 2.07. The van der Waals surface area contributed by atoms with Gasteiger partial charge in [0, 0.05) is 25.2 Å². The lowest BCUT2D eigenvalue weighted by Crippen LogP contribution is -2.00. The van der Waals surface area contributed by atoms with Gasteiger partial charge in [-0.3, -0.25) is 4.79 Å². The predicted octanol–water partition coefficient (Wildman–Crippen LogP) is 4.21. The molecule has 0 unspecified atom stereocenters. The fourth-order valence-corrected chi connectivity index (χ4v) is 3.05. The molecule has 0 fully saturated rings. The Hall–Kier alpha value is -1.45. The molecule has 0 aliphatic rings. The molecule has 2 aromatic carbocycles. The van der Waals surface area contributed by atoms with E-state index in [0.717, 1.165) is 4.70 Å². The van der Waals surface area contributed by atoms with Crippen molar-refractivity contribution in [3.05, 3.63) is 57.5 Å². The molecule has 0 bridgehead atoms. The first-order valence-electron chi connectivity index (χ1n) is 4.97. The second kappa shape index (κ2) is 3.79. The van der Waals surface area contributed by atoms with E-state index in [4.69, 9.17) is 11.6 Å². The molecule has 3 aromatic rings. The zero-order chi connectivity index (χ0) is 12.0. The Morgan fingerprint density at radius 2 is 1.82 bits per heavy atom. The third-order valence-corrected chi connectivity index (χ3v) is 3.96. The van der Waals surface area contributed by atoms with Crippen LogP contribution in [0.15, 0.2) is 41.2 Å². The van der Waals surface area contributed by atoms with E-state index >= 15 is 0 Å². The fourth-order valence-electron chi connectivity index (χ4n) is 1.80. The van der Waals surface area contributed by atoms with Crippen molar-refractivity contribution in [3.63, 3.8) is 0 Å². The molecule has 0 amide bonds. The van der Waals surface area contributed by atoms with Crippen molar-refractivity contribution < 1.29 is 4.39 Å². The van der Waals surface area contributed by atoms with Gasteiger partial charge in [0.2, 0.25) is 0 Å². The molecule has 4 heteroatoms. The van der Waals surface area contributed by atoms with Gasteiger partial charge in [0.1, 0.15) is 5.82 Å². The summed E-state index contributed by atoms with van der Waals surface area (Å²) in [5.41, 5.74) is -0.101. The molecule has 0 saturated heterocycles. The van der Waals surface area contributed by atoms with Crippen molar-refractivity contribution >= 4 is 43.1 Å². The Labute approximate surface area is 105 Å². The molecule has 0 aliphatic carbocycles. The molecule has 84 valence electrons. The van der Waals surface area contributed by atoms with Gasteiger partial charge < -0.3 is 0 Å². The maximum Gasteiger partial charge on any atom is 0.195 e. The first-order valence-corrected chi connectivity index (χ1v) is 6.16. The lowest BCUT2D eigenvalue weighted by molar-refractivity contribution is 0.630. The molecule has 0 spiro atoms. The highest BCUT2D eigenvalue weighted by atomic mass is 35.5. The highest BCUT2D eigenvalue weighted by molar-refractivity contribution is 7.24. The Morgan fingerprint density at radius 3 is 2.65 bits per heavy atom. The highest BCUT2D eigenvalue weighted by Crippen LogP contribution is 2.26. The predicted molar refractivity (Wildman–Crippen MR) is 70.6 cm³/mol. The van der Waals surface area contributed by atoms with Crippen molar-refractivity contribution in [2.45, 2.75) is 0 Å². The van der Waals surface area contributed by atoms with E-state index in [1.807, 2.05) is 0 Å². The van der Waals surface area contributed by atoms with E-state index < -0.39 is 0 Å². The van der Waals surface area contributed by atoms with Crippen molar-refractivity contribution in [1.82, 2.24) is 0 Å². The lowest BCUT2D eigenvalue weighted by Gasteiger charge is -2.01. The molecule has 0 N–H and O–H groups in total. The van der Waals surface area contributed by atoms with Gasteiger partial charge in [-0.1, -0.05) is 11.6 Å². The standard InChI is InChI=1S/C13H6ClFOS/c14-7-1-4-11-10(5-7)13(16)9-3-2-8(15)6-12(9)17-11/h1-6H. The first-order chi connectivity index (χ1) is 8.15. The van der Waals surface area contributed by atoms with E-state index in [-0.39, 0.29) is 11.2 Å². The molecule has 0 saturated carbocycles. The molecule has 1 nitrogen and oxygen atoms in total. The van der Waals surface area contributed by atoms with Gasteiger partial charge in [0.25, 0.3) is 0 Å². The maximum atomic E-state index is 13.1. The average Bonchev–Trinajstić information content (AvgIpc) is 2.30. The fraction of sp³-hybridized carbons (Fsp3) is 0. The van der Waals surface area contributed by atoms with E-state index in [1.54, 1.807) is 18.2 Å². The van der Waals surface area contributed by atoms with Crippen LogP contribution < -0.4 is 5.43 Å². The molecule has 0 radical (unpaired) electrons. The summed E-state index contributed by atoms with van der Waals surface area (Å²) in [6, 6.07) is 9.36. The van der Waals surface area contributed by atoms with Crippen molar-refractivity contribution in [3.8, 4) is 0 Å². The van der Waals surface area contributed by atoms with Gasteiger partial charge in [-0.05, 0) is 36.4 Å². The summed E-state index contributed by atoms with van der Waals surface area (Å²) in [6.07, 6.45) is 0. The molecule has 3 rings (SSSR count). The summed E-state index contributed by atoms with van der Waals surface area (Å²) in [5.74, 6) is -0.332. The van der Waals surface area contributed by atoms with Crippen LogP contribution in [0.25, 0.3) is 20.2 Å². The van der Waals surface area contributed by atoms with Crippen molar-refractivity contribution in [2.75, 3.05) is 0 Å². The summed E-state index contributed by atoms with van der Waals surface area (Å²) < 4.78 is 14.6. The number of rotatable bonds is 0. The molecule has 17 heavy (non-hydrogen) atoms. The first kappa shape index (κ1) is 10.7. The summed E-state index contributed by atoms with van der Waals surface area (Å²) >= 11 is 7.26. The molecular weight excluding hydrogens is 259 g/mol. The van der Waals surface area contributed by atoms with E-state index in [2.05, 4.69) is 0 Å². The summed E-state index contributed by atoms with van der Waals surface area (Å²) in [4.78, 5) is 12.2. The van der Waals surface area contributed by atoms with Gasteiger partial charge in [0.05, 0.1) is 0 Å². The van der Waals surface area contributed by atoms with Gasteiger partial charge in [0.15, 0.2) is 5.43 Å². The number of hydrogen-bond donors (Lipinski definition) is 0. The van der Waals surface area contributed by atoms with Crippen LogP contribution >= 0.6 is 22.9 Å². The summed E-state index contributed by atoms with van der Waals surface area (Å²) in [6.45, 7) is 0. The Bertz CT molecular complexity index is 794. The number of benzene rings is 2. The maximum absolute atomic E-state index is 13.1. The third-order valence-electron chi connectivity index (χ3n) is 2.59. The van der Waals surface area contributed by atoms with Crippen LogP contribution in [0.4, 0.5) is 4.39 Å². The van der Waals surface area contributed by atoms with E-state index in [9.17, 15) is 9.18 Å². The van der Waals surface area contributed by atoms with E-state index in [1.165, 1.54) is 29.5 Å². The Kier molecular flexibility index (Phi) is 2.38. The minimum atomic E-state index is -0.332. The van der Waals surface area contributed by atoms with Crippen LogP contribution in [0, 0.1) is 5.82 Å². The van der Waals surface area contributed by atoms with Crippen LogP contribution in [-0.2, 0) is 0 Å². The van der Waals surface area contributed by atoms with Crippen molar-refractivity contribution in [1.29, 1.82) is 0 Å². The minimum absolute atomic E-state index is 0.101. The largest absolute Gasteiger partial charge is 0.289 e. The molecule has 1 aromatic heterocycles. The van der Waals surface area contributed by atoms with E-state index in [0.29, 0.717) is 20.5 Å². The number of hydrogen-bond acceptors (Lipinski definition) is 2. The van der Waals surface area contributed by atoms with Crippen LogP contribution in [0.2, 0.25) is 5.02 Å². The quantitative estimate of drug-likeness (QED) is 0.556. The Balaban J connectivity index is 2.57. The summed E-state index contributed by atoms with van der Waals surface area (Å²) in [7, 11) is 0. The smallest absolute Gasteiger partial charge is 0.195 e. The van der Waals surface area contributed by atoms with Crippen LogP contribution in [0.5, 0.6) is 0 Å². The van der Waals surface area contributed by atoms with Crippen LogP contribution in [0.3, 0.4) is 0 Å². The topological polar surface area (TPSA) is 17.1 Å². The second-order valence-corrected chi connectivity index (χ2v) is 5.23. The zero-order valence-electron chi connectivity index (χ0n) is 8.54. The van der Waals surface area contributed by atoms with Gasteiger partial charge in [-0.2, -0.15) is 0 Å². The van der Waals surface area contributed by atoms with Gasteiger partial charge in [-0.25, -0.2) is 4.39 Å². The minimum Gasteiger partial charge on any atom is -0.289 e. The summed E-state index contributed by atoms with van der Waals surface area (Å²) in [5, 5.41) is 1.65. The average molecular weight is 265 g/mol. The molecule has 0 aliphatic heterocycles. The molecule has 0 atom stereocenters. The second-order valence-electron chi connectivity index (χ2n) is 3.71. The molecule has 1 heterocycles. The van der Waals surface area contributed by atoms with Gasteiger partial charge >= 0.3 is 0 Å². The third kappa shape index (κ3) is 1.72.